The minimum absolute atomic E-state index is 0.116. The monoisotopic (exact) mass is 319 g/mol. The highest BCUT2D eigenvalue weighted by atomic mass is 16.7. The van der Waals surface area contributed by atoms with Gasteiger partial charge in [0.05, 0.1) is 18.3 Å². The molecule has 1 aromatic carbocycles. The van der Waals surface area contributed by atoms with Crippen molar-refractivity contribution < 1.29 is 19.1 Å². The molecule has 5 nitrogen and oxygen atoms in total. The van der Waals surface area contributed by atoms with Crippen molar-refractivity contribution in [2.24, 2.45) is 0 Å². The summed E-state index contributed by atoms with van der Waals surface area (Å²) in [7, 11) is 1.77. The molecule has 1 atom stereocenters. The van der Waals surface area contributed by atoms with E-state index < -0.39 is 5.79 Å². The van der Waals surface area contributed by atoms with Gasteiger partial charge in [-0.1, -0.05) is 18.2 Å². The Morgan fingerprint density at radius 1 is 1.35 bits per heavy atom. The second-order valence-electron chi connectivity index (χ2n) is 6.38. The average Bonchev–Trinajstić information content (AvgIpc) is 2.89. The third kappa shape index (κ3) is 4.88. The summed E-state index contributed by atoms with van der Waals surface area (Å²) in [5, 5.41) is 0. The maximum absolute atomic E-state index is 12.4. The van der Waals surface area contributed by atoms with E-state index >= 15 is 0 Å². The van der Waals surface area contributed by atoms with Gasteiger partial charge < -0.3 is 14.4 Å². The van der Waals surface area contributed by atoms with Crippen LogP contribution in [0.5, 0.6) is 0 Å². The minimum atomic E-state index is -0.476. The molecule has 0 aliphatic carbocycles. The van der Waals surface area contributed by atoms with Crippen molar-refractivity contribution in [1.29, 1.82) is 0 Å². The number of unbranched alkanes of at least 4 members (excludes halogenated alkanes) is 1. The first-order valence-corrected chi connectivity index (χ1v) is 8.04. The lowest BCUT2D eigenvalue weighted by molar-refractivity contribution is -0.139. The van der Waals surface area contributed by atoms with E-state index in [0.717, 1.165) is 25.5 Å². The number of benzene rings is 1. The summed E-state index contributed by atoms with van der Waals surface area (Å²) in [6, 6.07) is 6.88. The average molecular weight is 319 g/mol. The molecule has 1 aliphatic rings. The van der Waals surface area contributed by atoms with Crippen molar-refractivity contribution in [3.8, 4) is 0 Å². The number of nitrogens with zero attached hydrogens (tertiary/aromatic N) is 1. The first-order valence-electron chi connectivity index (χ1n) is 8.04. The molecule has 0 radical (unpaired) electrons. The Kier molecular flexibility index (Phi) is 5.91. The molecule has 1 saturated heterocycles. The molecule has 1 aliphatic heterocycles. The van der Waals surface area contributed by atoms with Crippen LogP contribution in [-0.2, 0) is 9.47 Å². The zero-order valence-corrected chi connectivity index (χ0v) is 14.1. The third-order valence-corrected chi connectivity index (χ3v) is 4.00. The molecule has 1 unspecified atom stereocenters. The summed E-state index contributed by atoms with van der Waals surface area (Å²) in [6.45, 7) is 5.13. The molecule has 2 rings (SSSR count). The molecule has 1 fully saturated rings. The fourth-order valence-corrected chi connectivity index (χ4v) is 2.73. The molecule has 1 heterocycles. The van der Waals surface area contributed by atoms with Crippen molar-refractivity contribution in [2.45, 2.75) is 45.0 Å². The lowest BCUT2D eigenvalue weighted by atomic mass is 10.1. The lowest BCUT2D eigenvalue weighted by Crippen LogP contribution is -2.28. The topological polar surface area (TPSA) is 55.8 Å². The quantitative estimate of drug-likeness (QED) is 0.573. The SMILES string of the molecule is CN(CCCCC1COC(C)(C)O1)C(=O)c1ccccc1C=O. The van der Waals surface area contributed by atoms with Crippen LogP contribution in [0.2, 0.25) is 0 Å². The van der Waals surface area contributed by atoms with Crippen LogP contribution in [0.15, 0.2) is 24.3 Å². The summed E-state index contributed by atoms with van der Waals surface area (Å²) >= 11 is 0. The van der Waals surface area contributed by atoms with Crippen LogP contribution in [0, 0.1) is 0 Å². The third-order valence-electron chi connectivity index (χ3n) is 4.00. The summed E-state index contributed by atoms with van der Waals surface area (Å²) < 4.78 is 11.3. The van der Waals surface area contributed by atoms with Crippen LogP contribution in [0.3, 0.4) is 0 Å². The second-order valence-corrected chi connectivity index (χ2v) is 6.38. The highest BCUT2D eigenvalue weighted by Gasteiger charge is 2.31. The molecular weight excluding hydrogens is 294 g/mol. The Morgan fingerprint density at radius 2 is 2.09 bits per heavy atom. The van der Waals surface area contributed by atoms with Gasteiger partial charge in [-0.25, -0.2) is 0 Å². The van der Waals surface area contributed by atoms with Gasteiger partial charge >= 0.3 is 0 Å². The van der Waals surface area contributed by atoms with Crippen LogP contribution < -0.4 is 0 Å². The number of carbonyl (C=O) groups excluding carboxylic acids is 2. The number of rotatable bonds is 7. The highest BCUT2D eigenvalue weighted by molar-refractivity contribution is 6.01. The Balaban J connectivity index is 1.75. The van der Waals surface area contributed by atoms with Crippen LogP contribution in [-0.4, -0.2) is 49.2 Å². The maximum Gasteiger partial charge on any atom is 0.254 e. The summed E-state index contributed by atoms with van der Waals surface area (Å²) in [6.07, 6.45) is 3.65. The number of ether oxygens (including phenoxy) is 2. The Hall–Kier alpha value is -1.72. The zero-order valence-electron chi connectivity index (χ0n) is 14.1. The Labute approximate surface area is 137 Å². The van der Waals surface area contributed by atoms with E-state index in [1.807, 2.05) is 13.8 Å². The molecular formula is C18H25NO4. The number of carbonyl (C=O) groups is 2. The smallest absolute Gasteiger partial charge is 0.254 e. The van der Waals surface area contributed by atoms with E-state index in [9.17, 15) is 9.59 Å². The summed E-state index contributed by atoms with van der Waals surface area (Å²) in [4.78, 5) is 25.1. The zero-order chi connectivity index (χ0) is 16.9. The van der Waals surface area contributed by atoms with Gasteiger partial charge in [-0.3, -0.25) is 9.59 Å². The normalized spacial score (nSPS) is 19.5. The maximum atomic E-state index is 12.4. The van der Waals surface area contributed by atoms with Crippen LogP contribution in [0.1, 0.15) is 53.8 Å². The number of aldehydes is 1. The molecule has 5 heteroatoms. The molecule has 1 aromatic rings. The minimum Gasteiger partial charge on any atom is -0.348 e. The van der Waals surface area contributed by atoms with Crippen LogP contribution >= 0.6 is 0 Å². The van der Waals surface area contributed by atoms with E-state index in [0.29, 0.717) is 24.3 Å². The fourth-order valence-electron chi connectivity index (χ4n) is 2.73. The van der Waals surface area contributed by atoms with Gasteiger partial charge in [-0.2, -0.15) is 0 Å². The van der Waals surface area contributed by atoms with E-state index in [1.54, 1.807) is 36.2 Å². The van der Waals surface area contributed by atoms with Gasteiger partial charge in [-0.05, 0) is 39.2 Å². The lowest BCUT2D eigenvalue weighted by Gasteiger charge is -2.19. The van der Waals surface area contributed by atoms with E-state index in [2.05, 4.69) is 0 Å². The summed E-state index contributed by atoms with van der Waals surface area (Å²) in [5.41, 5.74) is 0.891. The van der Waals surface area contributed by atoms with Crippen LogP contribution in [0.25, 0.3) is 0 Å². The van der Waals surface area contributed by atoms with Gasteiger partial charge in [0.2, 0.25) is 0 Å². The van der Waals surface area contributed by atoms with Gasteiger partial charge in [0, 0.05) is 19.2 Å². The predicted molar refractivity (Wildman–Crippen MR) is 87.5 cm³/mol. The standard InChI is InChI=1S/C18H25NO4/c1-18(2)22-13-15(23-18)9-6-7-11-19(3)17(21)16-10-5-4-8-14(16)12-20/h4-5,8,10,12,15H,6-7,9,11,13H2,1-3H3. The van der Waals surface area contributed by atoms with E-state index in [1.165, 1.54) is 0 Å². The van der Waals surface area contributed by atoms with Crippen LogP contribution in [0.4, 0.5) is 0 Å². The van der Waals surface area contributed by atoms with E-state index in [4.69, 9.17) is 9.47 Å². The van der Waals surface area contributed by atoms with Gasteiger partial charge in [0.15, 0.2) is 12.1 Å². The fraction of sp³-hybridized carbons (Fsp3) is 0.556. The molecule has 0 aromatic heterocycles. The summed E-state index contributed by atoms with van der Waals surface area (Å²) in [5.74, 6) is -0.593. The Bertz CT molecular complexity index is 556. The molecule has 0 spiro atoms. The van der Waals surface area contributed by atoms with Gasteiger partial charge in [0.25, 0.3) is 5.91 Å². The molecule has 1 amide bonds. The van der Waals surface area contributed by atoms with Crippen molar-refractivity contribution in [3.05, 3.63) is 35.4 Å². The molecule has 0 N–H and O–H groups in total. The molecule has 23 heavy (non-hydrogen) atoms. The van der Waals surface area contributed by atoms with Crippen molar-refractivity contribution in [2.75, 3.05) is 20.2 Å². The van der Waals surface area contributed by atoms with E-state index in [-0.39, 0.29) is 12.0 Å². The van der Waals surface area contributed by atoms with Gasteiger partial charge in [-0.15, -0.1) is 0 Å². The predicted octanol–water partition coefficient (Wildman–Crippen LogP) is 2.89. The van der Waals surface area contributed by atoms with Crippen molar-refractivity contribution in [3.63, 3.8) is 0 Å². The second kappa shape index (κ2) is 7.70. The molecule has 126 valence electrons. The molecule has 0 saturated carbocycles. The Morgan fingerprint density at radius 3 is 2.74 bits per heavy atom. The molecule has 0 bridgehead atoms. The van der Waals surface area contributed by atoms with Crippen molar-refractivity contribution in [1.82, 2.24) is 4.90 Å². The number of hydrogen-bond acceptors (Lipinski definition) is 4. The first-order chi connectivity index (χ1) is 10.9. The van der Waals surface area contributed by atoms with Crippen molar-refractivity contribution >= 4 is 12.2 Å². The highest BCUT2D eigenvalue weighted by Crippen LogP contribution is 2.25. The number of amides is 1. The van der Waals surface area contributed by atoms with Gasteiger partial charge in [0.1, 0.15) is 0 Å². The number of hydrogen-bond donors (Lipinski definition) is 0. The largest absolute Gasteiger partial charge is 0.348 e. The first kappa shape index (κ1) is 17.6.